The summed E-state index contributed by atoms with van der Waals surface area (Å²) in [5, 5.41) is 3.41. The maximum absolute atomic E-state index is 12.6. The lowest BCUT2D eigenvalue weighted by Gasteiger charge is -2.13. The molecule has 0 atom stereocenters. The van der Waals surface area contributed by atoms with E-state index in [2.05, 4.69) is 10.0 Å². The van der Waals surface area contributed by atoms with E-state index in [1.807, 2.05) is 0 Å². The van der Waals surface area contributed by atoms with Gasteiger partial charge in [0, 0.05) is 15.7 Å². The monoisotopic (exact) mass is 420 g/mol. The maximum atomic E-state index is 12.6. The van der Waals surface area contributed by atoms with Crippen molar-refractivity contribution >= 4 is 50.5 Å². The fourth-order valence-electron chi connectivity index (χ4n) is 2.40. The van der Waals surface area contributed by atoms with Crippen molar-refractivity contribution in [3.8, 4) is 0 Å². The van der Waals surface area contributed by atoms with Crippen LogP contribution < -0.4 is 10.0 Å². The fourth-order valence-corrected chi connectivity index (χ4v) is 4.02. The number of amides is 1. The Labute approximate surface area is 167 Å². The normalized spacial score (nSPS) is 11.0. The number of carbonyl (C=O) groups is 1. The molecule has 0 bridgehead atoms. The molecule has 0 radical (unpaired) electrons. The Hall–Kier alpha value is -2.54. The zero-order valence-corrected chi connectivity index (χ0v) is 16.1. The molecule has 138 valence electrons. The largest absolute Gasteiger partial charge is 0.322 e. The summed E-state index contributed by atoms with van der Waals surface area (Å²) in [5.74, 6) is -0.500. The number of para-hydroxylation sites is 1. The lowest BCUT2D eigenvalue weighted by molar-refractivity contribution is 0.102. The van der Waals surface area contributed by atoms with E-state index in [1.54, 1.807) is 48.5 Å². The molecule has 5 nitrogen and oxygen atoms in total. The van der Waals surface area contributed by atoms with Crippen molar-refractivity contribution in [2.45, 2.75) is 4.90 Å². The predicted molar refractivity (Wildman–Crippen MR) is 108 cm³/mol. The highest BCUT2D eigenvalue weighted by Crippen LogP contribution is 2.25. The van der Waals surface area contributed by atoms with E-state index in [0.29, 0.717) is 15.7 Å². The molecule has 1 amide bonds. The minimum Gasteiger partial charge on any atom is -0.322 e. The molecule has 0 saturated carbocycles. The van der Waals surface area contributed by atoms with Gasteiger partial charge >= 0.3 is 0 Å². The van der Waals surface area contributed by atoms with Crippen molar-refractivity contribution in [1.82, 2.24) is 0 Å². The summed E-state index contributed by atoms with van der Waals surface area (Å²) in [6, 6.07) is 18.8. The summed E-state index contributed by atoms with van der Waals surface area (Å²) < 4.78 is 27.5. The molecule has 0 heterocycles. The van der Waals surface area contributed by atoms with E-state index in [-0.39, 0.29) is 16.1 Å². The van der Waals surface area contributed by atoms with Crippen molar-refractivity contribution in [1.29, 1.82) is 0 Å². The first-order valence-electron chi connectivity index (χ1n) is 7.79. The topological polar surface area (TPSA) is 75.3 Å². The van der Waals surface area contributed by atoms with E-state index < -0.39 is 15.9 Å². The van der Waals surface area contributed by atoms with Gasteiger partial charge in [-0.25, -0.2) is 8.42 Å². The fraction of sp³-hybridized carbons (Fsp3) is 0. The molecule has 3 aromatic rings. The molecule has 0 fully saturated rings. The standard InChI is InChI=1S/C19H14Cl2N2O3S/c20-13-10-14(21)12-15(11-13)22-19(24)17-8-4-5-9-18(17)23-27(25,26)16-6-2-1-3-7-16/h1-12,23H,(H,22,24). The van der Waals surface area contributed by atoms with Crippen LogP contribution in [0.1, 0.15) is 10.4 Å². The van der Waals surface area contributed by atoms with Gasteiger partial charge in [-0.3, -0.25) is 9.52 Å². The number of hydrogen-bond acceptors (Lipinski definition) is 3. The molecule has 0 unspecified atom stereocenters. The minimum atomic E-state index is -3.83. The number of benzene rings is 3. The van der Waals surface area contributed by atoms with Crippen molar-refractivity contribution in [3.63, 3.8) is 0 Å². The van der Waals surface area contributed by atoms with Crippen molar-refractivity contribution in [2.75, 3.05) is 10.0 Å². The molecule has 0 aliphatic carbocycles. The van der Waals surface area contributed by atoms with Gasteiger partial charge in [0.1, 0.15) is 0 Å². The van der Waals surface area contributed by atoms with Crippen molar-refractivity contribution in [2.24, 2.45) is 0 Å². The third-order valence-corrected chi connectivity index (χ3v) is 5.41. The Morgan fingerprint density at radius 1 is 0.815 bits per heavy atom. The van der Waals surface area contributed by atoms with Gasteiger partial charge in [-0.1, -0.05) is 53.5 Å². The Balaban J connectivity index is 1.88. The molecule has 0 aromatic heterocycles. The highest BCUT2D eigenvalue weighted by molar-refractivity contribution is 7.92. The first kappa shape index (κ1) is 19.2. The first-order valence-corrected chi connectivity index (χ1v) is 10.0. The molecular weight excluding hydrogens is 407 g/mol. The average molecular weight is 421 g/mol. The minimum absolute atomic E-state index is 0.0989. The summed E-state index contributed by atoms with van der Waals surface area (Å²) in [4.78, 5) is 12.7. The summed E-state index contributed by atoms with van der Waals surface area (Å²) in [6.07, 6.45) is 0. The molecule has 0 aliphatic rings. The van der Waals surface area contributed by atoms with Crippen LogP contribution in [0, 0.1) is 0 Å². The number of anilines is 2. The zero-order chi connectivity index (χ0) is 19.4. The number of sulfonamides is 1. The van der Waals surface area contributed by atoms with Crippen LogP contribution in [0.3, 0.4) is 0 Å². The SMILES string of the molecule is O=C(Nc1cc(Cl)cc(Cl)c1)c1ccccc1NS(=O)(=O)c1ccccc1. The first-order chi connectivity index (χ1) is 12.8. The number of hydrogen-bond donors (Lipinski definition) is 2. The smallest absolute Gasteiger partial charge is 0.261 e. The second kappa shape index (κ2) is 8.00. The van der Waals surface area contributed by atoms with Crippen LogP contribution in [-0.4, -0.2) is 14.3 Å². The Morgan fingerprint density at radius 2 is 1.41 bits per heavy atom. The van der Waals surface area contributed by atoms with E-state index in [9.17, 15) is 13.2 Å². The zero-order valence-electron chi connectivity index (χ0n) is 13.8. The number of halogens is 2. The van der Waals surface area contributed by atoms with Gasteiger partial charge in [0.05, 0.1) is 16.1 Å². The van der Waals surface area contributed by atoms with E-state index >= 15 is 0 Å². The Morgan fingerprint density at radius 3 is 2.07 bits per heavy atom. The van der Waals surface area contributed by atoms with Crippen LogP contribution >= 0.6 is 23.2 Å². The molecule has 3 aromatic carbocycles. The van der Waals surface area contributed by atoms with Crippen molar-refractivity contribution in [3.05, 3.63) is 88.4 Å². The number of rotatable bonds is 5. The number of carbonyl (C=O) groups excluding carboxylic acids is 1. The summed E-state index contributed by atoms with van der Waals surface area (Å²) in [7, 11) is -3.83. The van der Waals surface area contributed by atoms with E-state index in [1.165, 1.54) is 24.3 Å². The van der Waals surface area contributed by atoms with Gasteiger partial charge < -0.3 is 5.32 Å². The van der Waals surface area contributed by atoms with E-state index in [0.717, 1.165) is 0 Å². The van der Waals surface area contributed by atoms with Gasteiger partial charge in [-0.05, 0) is 42.5 Å². The van der Waals surface area contributed by atoms with Crippen LogP contribution in [-0.2, 0) is 10.0 Å². The molecule has 8 heteroatoms. The third kappa shape index (κ3) is 4.80. The van der Waals surface area contributed by atoms with Gasteiger partial charge in [0.15, 0.2) is 0 Å². The molecule has 0 aliphatic heterocycles. The Bertz CT molecular complexity index is 1070. The molecule has 27 heavy (non-hydrogen) atoms. The van der Waals surface area contributed by atoms with Crippen LogP contribution in [0.25, 0.3) is 0 Å². The van der Waals surface area contributed by atoms with Crippen molar-refractivity contribution < 1.29 is 13.2 Å². The van der Waals surface area contributed by atoms with Crippen LogP contribution in [0.5, 0.6) is 0 Å². The molecule has 0 saturated heterocycles. The molecule has 0 spiro atoms. The van der Waals surface area contributed by atoms with Gasteiger partial charge in [-0.2, -0.15) is 0 Å². The quantitative estimate of drug-likeness (QED) is 0.606. The summed E-state index contributed by atoms with van der Waals surface area (Å²) >= 11 is 11.9. The second-order valence-electron chi connectivity index (χ2n) is 5.58. The highest BCUT2D eigenvalue weighted by atomic mass is 35.5. The van der Waals surface area contributed by atoms with Gasteiger partial charge in [-0.15, -0.1) is 0 Å². The lowest BCUT2D eigenvalue weighted by Crippen LogP contribution is -2.18. The van der Waals surface area contributed by atoms with E-state index in [4.69, 9.17) is 23.2 Å². The number of nitrogens with one attached hydrogen (secondary N) is 2. The average Bonchev–Trinajstić information content (AvgIpc) is 2.61. The van der Waals surface area contributed by atoms with Gasteiger partial charge in [0.2, 0.25) is 0 Å². The maximum Gasteiger partial charge on any atom is 0.261 e. The summed E-state index contributed by atoms with van der Waals surface area (Å²) in [6.45, 7) is 0. The third-order valence-electron chi connectivity index (χ3n) is 3.59. The van der Waals surface area contributed by atoms with Gasteiger partial charge in [0.25, 0.3) is 15.9 Å². The predicted octanol–water partition coefficient (Wildman–Crippen LogP) is 5.05. The molecular formula is C19H14Cl2N2O3S. The van der Waals surface area contributed by atoms with Crippen LogP contribution in [0.15, 0.2) is 77.7 Å². The highest BCUT2D eigenvalue weighted by Gasteiger charge is 2.18. The molecule has 3 rings (SSSR count). The lowest BCUT2D eigenvalue weighted by atomic mass is 10.1. The molecule has 2 N–H and O–H groups in total. The van der Waals surface area contributed by atoms with Crippen LogP contribution in [0.4, 0.5) is 11.4 Å². The Kier molecular flexibility index (Phi) is 5.70. The summed E-state index contributed by atoms with van der Waals surface area (Å²) in [5.41, 5.74) is 0.721. The van der Waals surface area contributed by atoms with Crippen LogP contribution in [0.2, 0.25) is 10.0 Å². The second-order valence-corrected chi connectivity index (χ2v) is 8.13.